The van der Waals surface area contributed by atoms with E-state index in [2.05, 4.69) is 40.0 Å². The number of nitrogens with zero attached hydrogens (tertiary/aromatic N) is 1. The highest BCUT2D eigenvalue weighted by molar-refractivity contribution is 9.10. The van der Waals surface area contributed by atoms with Gasteiger partial charge in [-0.05, 0) is 29.7 Å². The fourth-order valence-corrected chi connectivity index (χ4v) is 2.51. The lowest BCUT2D eigenvalue weighted by atomic mass is 10.1. The lowest BCUT2D eigenvalue weighted by Crippen LogP contribution is -2.15. The van der Waals surface area contributed by atoms with E-state index in [9.17, 15) is 0 Å². The van der Waals surface area contributed by atoms with Gasteiger partial charge in [0.05, 0.1) is 0 Å². The van der Waals surface area contributed by atoms with Crippen LogP contribution in [-0.4, -0.2) is 13.6 Å². The molecule has 0 aliphatic carbocycles. The van der Waals surface area contributed by atoms with Crippen molar-refractivity contribution < 1.29 is 0 Å². The lowest BCUT2D eigenvalue weighted by molar-refractivity contribution is 0.946. The molecule has 0 atom stereocenters. The van der Waals surface area contributed by atoms with Crippen LogP contribution in [0.2, 0.25) is 0 Å². The van der Waals surface area contributed by atoms with Crippen LogP contribution in [0.25, 0.3) is 0 Å². The van der Waals surface area contributed by atoms with Crippen molar-refractivity contribution in [3.63, 3.8) is 0 Å². The average Bonchev–Trinajstić information content (AvgIpc) is 2.46. The Morgan fingerprint density at radius 2 is 2.31 bits per heavy atom. The molecule has 0 aromatic heterocycles. The van der Waals surface area contributed by atoms with E-state index in [1.807, 2.05) is 0 Å². The van der Waals surface area contributed by atoms with E-state index in [0.717, 1.165) is 17.4 Å². The molecule has 0 unspecified atom stereocenters. The van der Waals surface area contributed by atoms with Gasteiger partial charge >= 0.3 is 0 Å². The predicted molar refractivity (Wildman–Crippen MR) is 59.0 cm³/mol. The second-order valence-electron chi connectivity index (χ2n) is 3.45. The van der Waals surface area contributed by atoms with E-state index < -0.39 is 0 Å². The molecule has 3 heteroatoms. The van der Waals surface area contributed by atoms with Crippen molar-refractivity contribution in [2.75, 3.05) is 18.5 Å². The Hall–Kier alpha value is -0.540. The summed E-state index contributed by atoms with van der Waals surface area (Å²) >= 11 is 3.50. The van der Waals surface area contributed by atoms with E-state index in [4.69, 9.17) is 5.73 Å². The molecule has 0 radical (unpaired) electrons. The van der Waals surface area contributed by atoms with Crippen molar-refractivity contribution >= 4 is 21.6 Å². The van der Waals surface area contributed by atoms with Crippen molar-refractivity contribution in [2.24, 2.45) is 5.73 Å². The minimum absolute atomic E-state index is 0.617. The number of hydrogen-bond donors (Lipinski definition) is 1. The average molecular weight is 241 g/mol. The maximum Gasteiger partial charge on any atom is 0.0443 e. The van der Waals surface area contributed by atoms with E-state index in [1.54, 1.807) is 0 Å². The monoisotopic (exact) mass is 240 g/mol. The quantitative estimate of drug-likeness (QED) is 0.813. The van der Waals surface area contributed by atoms with Gasteiger partial charge in [0.1, 0.15) is 0 Å². The molecule has 0 fully saturated rings. The molecule has 0 saturated heterocycles. The molecule has 1 heterocycles. The van der Waals surface area contributed by atoms with Crippen molar-refractivity contribution in [3.05, 3.63) is 27.7 Å². The van der Waals surface area contributed by atoms with Gasteiger partial charge in [0.15, 0.2) is 0 Å². The standard InChI is InChI=1S/C10H13BrN2/c1-13-3-2-7-4-9(11)5-8(6-12)10(7)13/h4-5H,2-3,6,12H2,1H3. The predicted octanol–water partition coefficient (Wildman–Crippen LogP) is 1.90. The van der Waals surface area contributed by atoms with Crippen LogP contribution in [0.15, 0.2) is 16.6 Å². The second-order valence-corrected chi connectivity index (χ2v) is 4.36. The number of halogens is 1. The minimum Gasteiger partial charge on any atom is -0.374 e. The summed E-state index contributed by atoms with van der Waals surface area (Å²) in [7, 11) is 2.12. The third-order valence-electron chi connectivity index (χ3n) is 2.55. The Balaban J connectivity index is 2.57. The van der Waals surface area contributed by atoms with Gasteiger partial charge in [-0.15, -0.1) is 0 Å². The zero-order valence-corrected chi connectivity index (χ0v) is 9.26. The largest absolute Gasteiger partial charge is 0.374 e. The van der Waals surface area contributed by atoms with Crippen LogP contribution in [0.5, 0.6) is 0 Å². The minimum atomic E-state index is 0.617. The number of hydrogen-bond acceptors (Lipinski definition) is 2. The summed E-state index contributed by atoms with van der Waals surface area (Å²) in [4.78, 5) is 2.28. The lowest BCUT2D eigenvalue weighted by Gasteiger charge is -2.16. The molecule has 70 valence electrons. The highest BCUT2D eigenvalue weighted by Gasteiger charge is 2.19. The summed E-state index contributed by atoms with van der Waals surface area (Å²) in [6.45, 7) is 1.73. The summed E-state index contributed by atoms with van der Waals surface area (Å²) in [5.41, 5.74) is 9.70. The number of fused-ring (bicyclic) bond motifs is 1. The van der Waals surface area contributed by atoms with Gasteiger partial charge in [0, 0.05) is 30.3 Å². The molecule has 1 aliphatic rings. The zero-order chi connectivity index (χ0) is 9.42. The molecular weight excluding hydrogens is 228 g/mol. The Bertz CT molecular complexity index is 336. The van der Waals surface area contributed by atoms with Crippen LogP contribution in [-0.2, 0) is 13.0 Å². The van der Waals surface area contributed by atoms with Crippen LogP contribution < -0.4 is 10.6 Å². The van der Waals surface area contributed by atoms with Crippen molar-refractivity contribution in [2.45, 2.75) is 13.0 Å². The summed E-state index contributed by atoms with van der Waals surface area (Å²) in [6, 6.07) is 4.30. The molecule has 1 aliphatic heterocycles. The molecule has 0 amide bonds. The second kappa shape index (κ2) is 3.31. The SMILES string of the molecule is CN1CCc2cc(Br)cc(CN)c21. The van der Waals surface area contributed by atoms with Crippen LogP contribution in [0, 0.1) is 0 Å². The van der Waals surface area contributed by atoms with Gasteiger partial charge in [-0.3, -0.25) is 0 Å². The normalized spacial score (nSPS) is 14.8. The number of anilines is 1. The van der Waals surface area contributed by atoms with Gasteiger partial charge in [-0.25, -0.2) is 0 Å². The van der Waals surface area contributed by atoms with Crippen LogP contribution in [0.3, 0.4) is 0 Å². The number of nitrogens with two attached hydrogens (primary N) is 1. The molecule has 1 aromatic carbocycles. The molecule has 13 heavy (non-hydrogen) atoms. The summed E-state index contributed by atoms with van der Waals surface area (Å²) in [5, 5.41) is 0. The van der Waals surface area contributed by atoms with Gasteiger partial charge < -0.3 is 10.6 Å². The highest BCUT2D eigenvalue weighted by atomic mass is 79.9. The zero-order valence-electron chi connectivity index (χ0n) is 7.68. The first-order chi connectivity index (χ1) is 6.22. The van der Waals surface area contributed by atoms with Crippen molar-refractivity contribution in [1.82, 2.24) is 0 Å². The van der Waals surface area contributed by atoms with E-state index in [0.29, 0.717) is 6.54 Å². The maximum atomic E-state index is 5.71. The first kappa shape index (κ1) is 9.03. The third-order valence-corrected chi connectivity index (χ3v) is 3.01. The Morgan fingerprint density at radius 1 is 1.54 bits per heavy atom. The van der Waals surface area contributed by atoms with Gasteiger partial charge in [-0.2, -0.15) is 0 Å². The van der Waals surface area contributed by atoms with E-state index in [-0.39, 0.29) is 0 Å². The molecule has 2 rings (SSSR count). The maximum absolute atomic E-state index is 5.71. The molecule has 0 bridgehead atoms. The molecule has 0 spiro atoms. The Morgan fingerprint density at radius 3 is 3.00 bits per heavy atom. The van der Waals surface area contributed by atoms with Crippen molar-refractivity contribution in [3.8, 4) is 0 Å². The third kappa shape index (κ3) is 1.46. The highest BCUT2D eigenvalue weighted by Crippen LogP contribution is 2.33. The Labute approximate surface area is 86.9 Å². The first-order valence-corrected chi connectivity index (χ1v) is 5.24. The number of rotatable bonds is 1. The van der Waals surface area contributed by atoms with Gasteiger partial charge in [0.2, 0.25) is 0 Å². The smallest absolute Gasteiger partial charge is 0.0443 e. The van der Waals surface area contributed by atoms with Crippen LogP contribution in [0.4, 0.5) is 5.69 Å². The number of likely N-dealkylation sites (N-methyl/N-ethyl adjacent to an activating group) is 1. The Kier molecular flexibility index (Phi) is 2.30. The summed E-state index contributed by atoms with van der Waals surface area (Å²) < 4.78 is 1.14. The first-order valence-electron chi connectivity index (χ1n) is 4.45. The fraction of sp³-hybridized carbons (Fsp3) is 0.400. The van der Waals surface area contributed by atoms with Crippen LogP contribution in [0.1, 0.15) is 11.1 Å². The fourth-order valence-electron chi connectivity index (χ4n) is 1.95. The topological polar surface area (TPSA) is 29.3 Å². The summed E-state index contributed by atoms with van der Waals surface area (Å²) in [5.74, 6) is 0. The molecule has 2 nitrogen and oxygen atoms in total. The molecule has 2 N–H and O–H groups in total. The van der Waals surface area contributed by atoms with Gasteiger partial charge in [-0.1, -0.05) is 15.9 Å². The number of benzene rings is 1. The van der Waals surface area contributed by atoms with Gasteiger partial charge in [0.25, 0.3) is 0 Å². The molecule has 0 saturated carbocycles. The molecule has 1 aromatic rings. The van der Waals surface area contributed by atoms with E-state index >= 15 is 0 Å². The van der Waals surface area contributed by atoms with Crippen LogP contribution >= 0.6 is 15.9 Å². The summed E-state index contributed by atoms with van der Waals surface area (Å²) in [6.07, 6.45) is 1.14. The van der Waals surface area contributed by atoms with E-state index in [1.165, 1.54) is 16.8 Å². The molecular formula is C10H13BrN2. The van der Waals surface area contributed by atoms with Crippen molar-refractivity contribution in [1.29, 1.82) is 0 Å².